The van der Waals surface area contributed by atoms with Gasteiger partial charge >= 0.3 is 0 Å². The molecule has 1 saturated heterocycles. The number of likely N-dealkylation sites (N-methyl/N-ethyl adjacent to an activating group) is 1. The molecule has 0 atom stereocenters. The van der Waals surface area contributed by atoms with Crippen LogP contribution >= 0.6 is 15.9 Å². The highest BCUT2D eigenvalue weighted by molar-refractivity contribution is 9.10. The van der Waals surface area contributed by atoms with E-state index in [0.717, 1.165) is 42.8 Å². The minimum Gasteiger partial charge on any atom is -0.351 e. The van der Waals surface area contributed by atoms with Gasteiger partial charge in [-0.2, -0.15) is 0 Å². The predicted octanol–water partition coefficient (Wildman–Crippen LogP) is 1.73. The van der Waals surface area contributed by atoms with Crippen LogP contribution in [0, 0.1) is 6.92 Å². The van der Waals surface area contributed by atoms with Crippen molar-refractivity contribution in [3.63, 3.8) is 0 Å². The van der Waals surface area contributed by atoms with Crippen LogP contribution < -0.4 is 5.32 Å². The van der Waals surface area contributed by atoms with E-state index in [2.05, 4.69) is 38.1 Å². The number of hydrogen-bond acceptors (Lipinski definition) is 3. The molecule has 1 aliphatic rings. The number of halogens is 1. The highest BCUT2D eigenvalue weighted by atomic mass is 79.9. The number of aryl methyl sites for hydroxylation is 1. The Morgan fingerprint density at radius 3 is 2.65 bits per heavy atom. The van der Waals surface area contributed by atoms with Crippen LogP contribution in [0.15, 0.2) is 22.7 Å². The van der Waals surface area contributed by atoms with Gasteiger partial charge in [-0.15, -0.1) is 0 Å². The topological polar surface area (TPSA) is 35.6 Å². The Kier molecular flexibility index (Phi) is 5.57. The first-order valence-electron chi connectivity index (χ1n) is 7.01. The van der Waals surface area contributed by atoms with Gasteiger partial charge in [-0.25, -0.2) is 0 Å². The molecule has 1 amide bonds. The zero-order chi connectivity index (χ0) is 14.5. The van der Waals surface area contributed by atoms with Gasteiger partial charge in [0.2, 0.25) is 0 Å². The fraction of sp³-hybridized carbons (Fsp3) is 0.533. The zero-order valence-corrected chi connectivity index (χ0v) is 13.7. The van der Waals surface area contributed by atoms with Crippen molar-refractivity contribution in [3.8, 4) is 0 Å². The summed E-state index contributed by atoms with van der Waals surface area (Å²) < 4.78 is 0.976. The van der Waals surface area contributed by atoms with Gasteiger partial charge in [0.1, 0.15) is 0 Å². The number of amides is 1. The number of carbonyl (C=O) groups is 1. The van der Waals surface area contributed by atoms with E-state index in [1.807, 2.05) is 25.1 Å². The molecule has 1 N–H and O–H groups in total. The Morgan fingerprint density at radius 1 is 1.30 bits per heavy atom. The average Bonchev–Trinajstić information content (AvgIpc) is 2.44. The minimum absolute atomic E-state index is 0.000160. The molecule has 0 unspecified atom stereocenters. The number of hydrogen-bond donors (Lipinski definition) is 1. The second-order valence-electron chi connectivity index (χ2n) is 5.36. The third kappa shape index (κ3) is 4.30. The summed E-state index contributed by atoms with van der Waals surface area (Å²) in [6, 6.07) is 5.70. The summed E-state index contributed by atoms with van der Waals surface area (Å²) in [6.45, 7) is 8.03. The fourth-order valence-corrected chi connectivity index (χ4v) is 2.61. The molecule has 0 aliphatic carbocycles. The lowest BCUT2D eigenvalue weighted by atomic mass is 10.1. The summed E-state index contributed by atoms with van der Waals surface area (Å²) in [5, 5.41) is 2.99. The Labute approximate surface area is 129 Å². The van der Waals surface area contributed by atoms with E-state index in [4.69, 9.17) is 0 Å². The molecule has 1 fully saturated rings. The molecule has 20 heavy (non-hydrogen) atoms. The monoisotopic (exact) mass is 339 g/mol. The molecule has 2 rings (SSSR count). The summed E-state index contributed by atoms with van der Waals surface area (Å²) in [4.78, 5) is 16.8. The molecule has 4 nitrogen and oxygen atoms in total. The number of benzene rings is 1. The van der Waals surface area contributed by atoms with E-state index in [0.29, 0.717) is 12.1 Å². The zero-order valence-electron chi connectivity index (χ0n) is 12.2. The van der Waals surface area contributed by atoms with Gasteiger partial charge in [0.05, 0.1) is 0 Å². The van der Waals surface area contributed by atoms with Crippen LogP contribution in [0.1, 0.15) is 15.9 Å². The average molecular weight is 340 g/mol. The highest BCUT2D eigenvalue weighted by Gasteiger charge is 2.13. The molecule has 0 aromatic heterocycles. The second kappa shape index (κ2) is 7.20. The fourth-order valence-electron chi connectivity index (χ4n) is 2.24. The van der Waals surface area contributed by atoms with Crippen LogP contribution in [0.3, 0.4) is 0 Å². The first kappa shape index (κ1) is 15.5. The quantitative estimate of drug-likeness (QED) is 0.907. The lowest BCUT2D eigenvalue weighted by Crippen LogP contribution is -2.46. The maximum atomic E-state index is 12.0. The lowest BCUT2D eigenvalue weighted by molar-refractivity contribution is 0.0941. The third-order valence-corrected chi connectivity index (χ3v) is 4.60. The summed E-state index contributed by atoms with van der Waals surface area (Å²) >= 11 is 3.46. The minimum atomic E-state index is -0.000160. The molecular weight excluding hydrogens is 318 g/mol. The van der Waals surface area contributed by atoms with E-state index in [9.17, 15) is 4.79 Å². The van der Waals surface area contributed by atoms with Gasteiger partial charge < -0.3 is 10.2 Å². The van der Waals surface area contributed by atoms with Gasteiger partial charge in [0.25, 0.3) is 5.91 Å². The largest absolute Gasteiger partial charge is 0.351 e. The Morgan fingerprint density at radius 2 is 2.00 bits per heavy atom. The molecule has 1 aliphatic heterocycles. The van der Waals surface area contributed by atoms with Gasteiger partial charge in [-0.3, -0.25) is 9.69 Å². The summed E-state index contributed by atoms with van der Waals surface area (Å²) in [7, 11) is 2.15. The molecule has 0 radical (unpaired) electrons. The van der Waals surface area contributed by atoms with Crippen LogP contribution in [0.2, 0.25) is 0 Å². The Balaban J connectivity index is 1.76. The molecule has 0 bridgehead atoms. The van der Waals surface area contributed by atoms with E-state index >= 15 is 0 Å². The normalized spacial score (nSPS) is 17.1. The lowest BCUT2D eigenvalue weighted by Gasteiger charge is -2.32. The number of piperazine rings is 1. The van der Waals surface area contributed by atoms with Crippen LogP contribution in [0.5, 0.6) is 0 Å². The van der Waals surface area contributed by atoms with E-state index in [1.54, 1.807) is 0 Å². The van der Waals surface area contributed by atoms with Gasteiger partial charge in [0.15, 0.2) is 0 Å². The van der Waals surface area contributed by atoms with Gasteiger partial charge in [-0.05, 0) is 31.7 Å². The molecule has 0 saturated carbocycles. The first-order chi connectivity index (χ1) is 9.56. The van der Waals surface area contributed by atoms with Crippen molar-refractivity contribution in [2.75, 3.05) is 46.3 Å². The first-order valence-corrected chi connectivity index (χ1v) is 7.81. The molecular formula is C15H22BrN3O. The van der Waals surface area contributed by atoms with Crippen molar-refractivity contribution in [3.05, 3.63) is 33.8 Å². The summed E-state index contributed by atoms with van der Waals surface area (Å²) in [5.74, 6) is -0.000160. The number of nitrogens with zero attached hydrogens (tertiary/aromatic N) is 2. The van der Waals surface area contributed by atoms with Crippen molar-refractivity contribution in [1.29, 1.82) is 0 Å². The Bertz CT molecular complexity index is 470. The standard InChI is InChI=1S/C15H22BrN3O/c1-12-3-4-13(11-14(12)16)15(20)17-5-6-19-9-7-18(2)8-10-19/h3-4,11H,5-10H2,1-2H3,(H,17,20). The smallest absolute Gasteiger partial charge is 0.251 e. The molecule has 110 valence electrons. The van der Waals surface area contributed by atoms with Crippen molar-refractivity contribution >= 4 is 21.8 Å². The van der Waals surface area contributed by atoms with Gasteiger partial charge in [0, 0.05) is 49.3 Å². The molecule has 1 aromatic carbocycles. The van der Waals surface area contributed by atoms with E-state index in [1.165, 1.54) is 0 Å². The summed E-state index contributed by atoms with van der Waals surface area (Å²) in [5.41, 5.74) is 1.85. The van der Waals surface area contributed by atoms with Crippen molar-refractivity contribution < 1.29 is 4.79 Å². The van der Waals surface area contributed by atoms with Crippen molar-refractivity contribution in [2.45, 2.75) is 6.92 Å². The maximum absolute atomic E-state index is 12.0. The highest BCUT2D eigenvalue weighted by Crippen LogP contribution is 2.17. The molecule has 5 heteroatoms. The molecule has 1 aromatic rings. The number of nitrogens with one attached hydrogen (secondary N) is 1. The molecule has 0 spiro atoms. The van der Waals surface area contributed by atoms with E-state index < -0.39 is 0 Å². The summed E-state index contributed by atoms with van der Waals surface area (Å²) in [6.07, 6.45) is 0. The molecule has 1 heterocycles. The SMILES string of the molecule is Cc1ccc(C(=O)NCCN2CCN(C)CC2)cc1Br. The van der Waals surface area contributed by atoms with Crippen molar-refractivity contribution in [1.82, 2.24) is 15.1 Å². The Hall–Kier alpha value is -0.910. The maximum Gasteiger partial charge on any atom is 0.251 e. The third-order valence-electron chi connectivity index (χ3n) is 3.74. The number of carbonyl (C=O) groups excluding carboxylic acids is 1. The van der Waals surface area contributed by atoms with Crippen molar-refractivity contribution in [2.24, 2.45) is 0 Å². The van der Waals surface area contributed by atoms with Crippen LogP contribution in [-0.4, -0.2) is 62.0 Å². The second-order valence-corrected chi connectivity index (χ2v) is 6.22. The van der Waals surface area contributed by atoms with Gasteiger partial charge in [-0.1, -0.05) is 22.0 Å². The van der Waals surface area contributed by atoms with Crippen LogP contribution in [0.4, 0.5) is 0 Å². The number of rotatable bonds is 4. The predicted molar refractivity (Wildman–Crippen MR) is 85.1 cm³/mol. The van der Waals surface area contributed by atoms with Crippen LogP contribution in [-0.2, 0) is 0 Å². The van der Waals surface area contributed by atoms with E-state index in [-0.39, 0.29) is 5.91 Å². The van der Waals surface area contributed by atoms with Crippen LogP contribution in [0.25, 0.3) is 0 Å².